The average Bonchev–Trinajstić information content (AvgIpc) is 2.96. The number of hydrogen-bond donors (Lipinski definition) is 2. The molecule has 2 rings (SSSR count). The molecule has 1 aromatic heterocycles. The van der Waals surface area contributed by atoms with E-state index in [-0.39, 0.29) is 17.6 Å². The standard InChI is InChI=1S/C13H20N4O4/c1-3-6-16-12(11(17(20)21)8(2)15-16)14-10-5-4-9(7-10)13(18)19/h9-10,14H,3-7H2,1-2H3,(H,18,19). The molecule has 8 heteroatoms. The molecule has 21 heavy (non-hydrogen) atoms. The Morgan fingerprint density at radius 1 is 1.57 bits per heavy atom. The minimum absolute atomic E-state index is 0.0118. The predicted octanol–water partition coefficient (Wildman–Crippen LogP) is 2.17. The molecule has 0 amide bonds. The Kier molecular flexibility index (Phi) is 4.44. The van der Waals surface area contributed by atoms with Crippen LogP contribution in [0.15, 0.2) is 0 Å². The van der Waals surface area contributed by atoms with Gasteiger partial charge in [0.2, 0.25) is 5.82 Å². The van der Waals surface area contributed by atoms with Crippen molar-refractivity contribution in [3.05, 3.63) is 15.8 Å². The van der Waals surface area contributed by atoms with Crippen molar-refractivity contribution >= 4 is 17.5 Å². The number of carbonyl (C=O) groups is 1. The Morgan fingerprint density at radius 2 is 2.29 bits per heavy atom. The van der Waals surface area contributed by atoms with E-state index in [1.54, 1.807) is 11.6 Å². The topological polar surface area (TPSA) is 110 Å². The van der Waals surface area contributed by atoms with E-state index in [4.69, 9.17) is 5.11 Å². The molecule has 0 aromatic carbocycles. The van der Waals surface area contributed by atoms with Gasteiger partial charge < -0.3 is 10.4 Å². The number of carboxylic acid groups (broad SMARTS) is 1. The van der Waals surface area contributed by atoms with Gasteiger partial charge in [-0.15, -0.1) is 0 Å². The number of aliphatic carboxylic acids is 1. The van der Waals surface area contributed by atoms with Gasteiger partial charge in [-0.2, -0.15) is 5.10 Å². The first-order chi connectivity index (χ1) is 9.93. The smallest absolute Gasteiger partial charge is 0.333 e. The molecule has 1 heterocycles. The van der Waals surface area contributed by atoms with Gasteiger partial charge in [0.15, 0.2) is 0 Å². The number of anilines is 1. The molecule has 2 N–H and O–H groups in total. The third-order valence-corrected chi connectivity index (χ3v) is 3.84. The maximum absolute atomic E-state index is 11.2. The first-order valence-corrected chi connectivity index (χ1v) is 7.15. The van der Waals surface area contributed by atoms with Gasteiger partial charge in [-0.25, -0.2) is 4.68 Å². The zero-order chi connectivity index (χ0) is 15.6. The molecule has 1 aliphatic rings. The number of aryl methyl sites for hydroxylation is 2. The first-order valence-electron chi connectivity index (χ1n) is 7.15. The Morgan fingerprint density at radius 3 is 2.81 bits per heavy atom. The maximum atomic E-state index is 11.2. The summed E-state index contributed by atoms with van der Waals surface area (Å²) in [6.45, 7) is 4.18. The largest absolute Gasteiger partial charge is 0.481 e. The maximum Gasteiger partial charge on any atom is 0.333 e. The monoisotopic (exact) mass is 296 g/mol. The molecule has 1 aromatic rings. The van der Waals surface area contributed by atoms with Crippen molar-refractivity contribution in [2.45, 2.75) is 52.1 Å². The molecule has 116 valence electrons. The van der Waals surface area contributed by atoms with E-state index in [1.165, 1.54) is 0 Å². The lowest BCUT2D eigenvalue weighted by atomic mass is 10.1. The van der Waals surface area contributed by atoms with Crippen molar-refractivity contribution < 1.29 is 14.8 Å². The normalized spacial score (nSPS) is 21.4. The van der Waals surface area contributed by atoms with Crippen molar-refractivity contribution in [1.82, 2.24) is 9.78 Å². The summed E-state index contributed by atoms with van der Waals surface area (Å²) in [4.78, 5) is 21.8. The van der Waals surface area contributed by atoms with Crippen molar-refractivity contribution in [2.24, 2.45) is 5.92 Å². The predicted molar refractivity (Wildman–Crippen MR) is 76.3 cm³/mol. The van der Waals surface area contributed by atoms with Crippen LogP contribution in [0.3, 0.4) is 0 Å². The summed E-state index contributed by atoms with van der Waals surface area (Å²) < 4.78 is 1.61. The van der Waals surface area contributed by atoms with Gasteiger partial charge in [0.05, 0.1) is 10.8 Å². The number of rotatable bonds is 6. The first kappa shape index (κ1) is 15.3. The van der Waals surface area contributed by atoms with Gasteiger partial charge in [0.1, 0.15) is 5.69 Å². The fourth-order valence-corrected chi connectivity index (χ4v) is 2.84. The van der Waals surface area contributed by atoms with Crippen LogP contribution in [0.5, 0.6) is 0 Å². The lowest BCUT2D eigenvalue weighted by Gasteiger charge is -2.14. The zero-order valence-corrected chi connectivity index (χ0v) is 12.2. The average molecular weight is 296 g/mol. The molecule has 0 bridgehead atoms. The quantitative estimate of drug-likeness (QED) is 0.615. The zero-order valence-electron chi connectivity index (χ0n) is 12.2. The Hall–Kier alpha value is -2.12. The SMILES string of the molecule is CCCn1nc(C)c([N+](=O)[O-])c1NC1CCC(C(=O)O)C1. The lowest BCUT2D eigenvalue weighted by molar-refractivity contribution is -0.384. The minimum Gasteiger partial charge on any atom is -0.481 e. The molecule has 2 unspecified atom stereocenters. The molecule has 1 aliphatic carbocycles. The molecule has 0 aliphatic heterocycles. The number of nitrogens with zero attached hydrogens (tertiary/aromatic N) is 3. The summed E-state index contributed by atoms with van der Waals surface area (Å²) in [6.07, 6.45) is 2.60. The molecule has 2 atom stereocenters. The van der Waals surface area contributed by atoms with Crippen LogP contribution >= 0.6 is 0 Å². The highest BCUT2D eigenvalue weighted by molar-refractivity contribution is 5.70. The van der Waals surface area contributed by atoms with Gasteiger partial charge in [0.25, 0.3) is 0 Å². The minimum atomic E-state index is -0.799. The van der Waals surface area contributed by atoms with Crippen LogP contribution in [0.25, 0.3) is 0 Å². The van der Waals surface area contributed by atoms with Crippen molar-refractivity contribution in [3.8, 4) is 0 Å². The summed E-state index contributed by atoms with van der Waals surface area (Å²) in [5.41, 5.74) is 0.367. The van der Waals surface area contributed by atoms with E-state index in [9.17, 15) is 14.9 Å². The van der Waals surface area contributed by atoms with Crippen LogP contribution in [-0.2, 0) is 11.3 Å². The van der Waals surface area contributed by atoms with E-state index in [1.807, 2.05) is 6.92 Å². The van der Waals surface area contributed by atoms with Crippen molar-refractivity contribution in [2.75, 3.05) is 5.32 Å². The van der Waals surface area contributed by atoms with Crippen LogP contribution < -0.4 is 5.32 Å². The molecular weight excluding hydrogens is 276 g/mol. The van der Waals surface area contributed by atoms with Crippen LogP contribution in [0, 0.1) is 23.0 Å². The number of nitro groups is 1. The highest BCUT2D eigenvalue weighted by Gasteiger charge is 2.33. The molecule has 1 fully saturated rings. The highest BCUT2D eigenvalue weighted by Crippen LogP contribution is 2.33. The van der Waals surface area contributed by atoms with E-state index in [2.05, 4.69) is 10.4 Å². The summed E-state index contributed by atoms with van der Waals surface area (Å²) in [6, 6.07) is -0.0588. The van der Waals surface area contributed by atoms with E-state index in [0.717, 1.165) is 6.42 Å². The van der Waals surface area contributed by atoms with Gasteiger partial charge >= 0.3 is 11.7 Å². The Bertz CT molecular complexity index is 555. The lowest BCUT2D eigenvalue weighted by Crippen LogP contribution is -2.20. The number of carboxylic acids is 1. The highest BCUT2D eigenvalue weighted by atomic mass is 16.6. The van der Waals surface area contributed by atoms with Gasteiger partial charge in [0, 0.05) is 12.6 Å². The third-order valence-electron chi connectivity index (χ3n) is 3.84. The molecule has 1 saturated carbocycles. The van der Waals surface area contributed by atoms with Crippen molar-refractivity contribution in [3.63, 3.8) is 0 Å². The van der Waals surface area contributed by atoms with Crippen LogP contribution in [0.1, 0.15) is 38.3 Å². The Labute approximate surface area is 122 Å². The molecule has 8 nitrogen and oxygen atoms in total. The van der Waals surface area contributed by atoms with E-state index in [0.29, 0.717) is 37.3 Å². The van der Waals surface area contributed by atoms with Crippen LogP contribution in [0.4, 0.5) is 11.5 Å². The fraction of sp³-hybridized carbons (Fsp3) is 0.692. The summed E-state index contributed by atoms with van der Waals surface area (Å²) in [5, 5.41) is 27.6. The number of hydrogen-bond acceptors (Lipinski definition) is 5. The second-order valence-electron chi connectivity index (χ2n) is 5.45. The molecule has 0 spiro atoms. The second kappa shape index (κ2) is 6.11. The molecule has 0 radical (unpaired) electrons. The molecule has 0 saturated heterocycles. The third kappa shape index (κ3) is 3.14. The van der Waals surface area contributed by atoms with Gasteiger partial charge in [-0.05, 0) is 32.6 Å². The van der Waals surface area contributed by atoms with E-state index < -0.39 is 10.9 Å². The van der Waals surface area contributed by atoms with Crippen molar-refractivity contribution in [1.29, 1.82) is 0 Å². The van der Waals surface area contributed by atoms with Gasteiger partial charge in [-0.1, -0.05) is 6.92 Å². The fourth-order valence-electron chi connectivity index (χ4n) is 2.84. The Balaban J connectivity index is 2.22. The molecular formula is C13H20N4O4. The van der Waals surface area contributed by atoms with Crippen LogP contribution in [0.2, 0.25) is 0 Å². The second-order valence-corrected chi connectivity index (χ2v) is 5.45. The number of aromatic nitrogens is 2. The van der Waals surface area contributed by atoms with Gasteiger partial charge in [-0.3, -0.25) is 14.9 Å². The summed E-state index contributed by atoms with van der Waals surface area (Å²) in [7, 11) is 0. The van der Waals surface area contributed by atoms with E-state index >= 15 is 0 Å². The summed E-state index contributed by atoms with van der Waals surface area (Å²) in [5.74, 6) is -0.771. The number of nitrogens with one attached hydrogen (secondary N) is 1. The van der Waals surface area contributed by atoms with Crippen LogP contribution in [-0.4, -0.2) is 31.8 Å². The summed E-state index contributed by atoms with van der Waals surface area (Å²) >= 11 is 0.